The van der Waals surface area contributed by atoms with E-state index in [4.69, 9.17) is 9.47 Å². The topological polar surface area (TPSA) is 80.2 Å². The van der Waals surface area contributed by atoms with Crippen molar-refractivity contribution in [3.63, 3.8) is 0 Å². The van der Waals surface area contributed by atoms with Gasteiger partial charge in [-0.3, -0.25) is 14.6 Å². The highest BCUT2D eigenvalue weighted by Gasteiger charge is 2.32. The zero-order valence-electron chi connectivity index (χ0n) is 23.0. The van der Waals surface area contributed by atoms with Gasteiger partial charge in [-0.05, 0) is 70.8 Å². The number of nitrogens with one attached hydrogen (secondary N) is 1. The van der Waals surface area contributed by atoms with Gasteiger partial charge in [0.05, 0.1) is 19.3 Å². The Hall–Kier alpha value is -4.65. The van der Waals surface area contributed by atoms with Crippen molar-refractivity contribution >= 4 is 56.0 Å². The SMILES string of the molecule is COc1cc2c(cc1OCCCCC(=O)Nc1ccc3ccc4cccc5ccc1c3c45)C=N[C@@H]1CCCN1C2=O. The summed E-state index contributed by atoms with van der Waals surface area (Å²) in [6, 6.07) is 22.5. The van der Waals surface area contributed by atoms with E-state index in [1.165, 1.54) is 26.9 Å². The van der Waals surface area contributed by atoms with E-state index in [-0.39, 0.29) is 18.0 Å². The number of anilines is 1. The quantitative estimate of drug-likeness (QED) is 0.172. The number of rotatable bonds is 8. The Morgan fingerprint density at radius 1 is 0.976 bits per heavy atom. The third-order valence-corrected chi connectivity index (χ3v) is 8.29. The molecule has 0 aliphatic carbocycles. The standard InChI is InChI=1S/C34H31N3O4/c1-40-28-19-26-24(20-35-30-8-5-16-37(30)34(26)39)18-29(28)41-17-3-2-9-31(38)36-27-15-13-23-11-10-21-6-4-7-22-12-14-25(27)33(23)32(21)22/h4,6-7,10-15,18-20,30H,2-3,5,8-9,16-17H2,1H3,(H,36,38)/t30-/m0/s1. The molecule has 0 saturated carbocycles. The van der Waals surface area contributed by atoms with Crippen LogP contribution in [0.5, 0.6) is 11.5 Å². The molecular weight excluding hydrogens is 514 g/mol. The molecule has 0 radical (unpaired) electrons. The van der Waals surface area contributed by atoms with Crippen LogP contribution in [0.15, 0.2) is 71.7 Å². The van der Waals surface area contributed by atoms with Crippen LogP contribution in [-0.4, -0.2) is 49.4 Å². The minimum Gasteiger partial charge on any atom is -0.493 e. The van der Waals surface area contributed by atoms with Gasteiger partial charge in [-0.15, -0.1) is 0 Å². The van der Waals surface area contributed by atoms with Gasteiger partial charge in [0.25, 0.3) is 5.91 Å². The van der Waals surface area contributed by atoms with E-state index in [0.717, 1.165) is 36.0 Å². The number of fused-ring (bicyclic) bond motifs is 2. The Morgan fingerprint density at radius 2 is 1.76 bits per heavy atom. The molecule has 0 spiro atoms. The van der Waals surface area contributed by atoms with E-state index in [2.05, 4.69) is 58.8 Å². The summed E-state index contributed by atoms with van der Waals surface area (Å²) in [4.78, 5) is 32.4. The Morgan fingerprint density at radius 3 is 2.59 bits per heavy atom. The van der Waals surface area contributed by atoms with Crippen molar-refractivity contribution in [1.82, 2.24) is 4.90 Å². The summed E-state index contributed by atoms with van der Waals surface area (Å²) in [5.41, 5.74) is 2.17. The molecular formula is C34H31N3O4. The fourth-order valence-corrected chi connectivity index (χ4v) is 6.23. The zero-order valence-corrected chi connectivity index (χ0v) is 23.0. The molecule has 1 fully saturated rings. The van der Waals surface area contributed by atoms with Gasteiger partial charge in [0.15, 0.2) is 11.5 Å². The van der Waals surface area contributed by atoms with Gasteiger partial charge in [-0.1, -0.05) is 48.5 Å². The van der Waals surface area contributed by atoms with Crippen LogP contribution in [0.1, 0.15) is 48.0 Å². The van der Waals surface area contributed by atoms with Crippen molar-refractivity contribution in [2.24, 2.45) is 4.99 Å². The van der Waals surface area contributed by atoms with Gasteiger partial charge in [0.1, 0.15) is 6.17 Å². The molecule has 0 aromatic heterocycles. The number of hydrogen-bond acceptors (Lipinski definition) is 5. The molecule has 0 unspecified atom stereocenters. The lowest BCUT2D eigenvalue weighted by atomic mass is 9.93. The zero-order chi connectivity index (χ0) is 27.9. The lowest BCUT2D eigenvalue weighted by Gasteiger charge is -2.20. The van der Waals surface area contributed by atoms with Crippen molar-refractivity contribution in [3.8, 4) is 11.5 Å². The molecule has 7 nitrogen and oxygen atoms in total. The van der Waals surface area contributed by atoms with Crippen LogP contribution in [0.25, 0.3) is 32.3 Å². The highest BCUT2D eigenvalue weighted by molar-refractivity contribution is 6.25. The summed E-state index contributed by atoms with van der Waals surface area (Å²) in [6.45, 7) is 1.16. The van der Waals surface area contributed by atoms with Crippen LogP contribution in [0.4, 0.5) is 5.69 Å². The monoisotopic (exact) mass is 545 g/mol. The minimum atomic E-state index is -0.0854. The Labute approximate surface area is 238 Å². The maximum absolute atomic E-state index is 13.1. The summed E-state index contributed by atoms with van der Waals surface area (Å²) >= 11 is 0. The molecule has 1 saturated heterocycles. The number of benzene rings is 5. The van der Waals surface area contributed by atoms with Gasteiger partial charge < -0.3 is 19.7 Å². The minimum absolute atomic E-state index is 0.0134. The average Bonchev–Trinajstić information content (AvgIpc) is 3.43. The van der Waals surface area contributed by atoms with Gasteiger partial charge >= 0.3 is 0 Å². The van der Waals surface area contributed by atoms with Crippen LogP contribution in [0.2, 0.25) is 0 Å². The largest absolute Gasteiger partial charge is 0.493 e. The molecule has 2 aliphatic rings. The van der Waals surface area contributed by atoms with Crippen LogP contribution >= 0.6 is 0 Å². The van der Waals surface area contributed by atoms with Crippen LogP contribution in [-0.2, 0) is 4.79 Å². The maximum Gasteiger partial charge on any atom is 0.256 e. The first-order chi connectivity index (χ1) is 20.1. The van der Waals surface area contributed by atoms with Crippen molar-refractivity contribution in [2.75, 3.05) is 25.6 Å². The fraction of sp³-hybridized carbons (Fsp3) is 0.265. The molecule has 2 heterocycles. The molecule has 1 N–H and O–H groups in total. The Bertz CT molecular complexity index is 1810. The van der Waals surface area contributed by atoms with Crippen molar-refractivity contribution in [1.29, 1.82) is 0 Å². The van der Waals surface area contributed by atoms with Crippen molar-refractivity contribution < 1.29 is 19.1 Å². The summed E-state index contributed by atoms with van der Waals surface area (Å²) in [7, 11) is 1.58. The van der Waals surface area contributed by atoms with Gasteiger partial charge in [0, 0.05) is 35.8 Å². The normalized spacial score (nSPS) is 16.3. The second kappa shape index (κ2) is 10.4. The summed E-state index contributed by atoms with van der Waals surface area (Å²) in [5.74, 6) is 1.07. The first-order valence-electron chi connectivity index (χ1n) is 14.3. The van der Waals surface area contributed by atoms with Crippen molar-refractivity contribution in [2.45, 2.75) is 38.3 Å². The molecule has 41 heavy (non-hydrogen) atoms. The number of carbonyl (C=O) groups excluding carboxylic acids is 2. The van der Waals surface area contributed by atoms with E-state index >= 15 is 0 Å². The molecule has 5 aromatic rings. The second-order valence-electron chi connectivity index (χ2n) is 10.8. The van der Waals surface area contributed by atoms with E-state index in [9.17, 15) is 9.59 Å². The summed E-state index contributed by atoms with van der Waals surface area (Å²) in [5, 5.41) is 10.2. The number of methoxy groups -OCH3 is 1. The number of aliphatic imine (C=N–C) groups is 1. The van der Waals surface area contributed by atoms with Crippen LogP contribution in [0.3, 0.4) is 0 Å². The molecule has 7 rings (SSSR count). The lowest BCUT2D eigenvalue weighted by molar-refractivity contribution is -0.116. The highest BCUT2D eigenvalue weighted by atomic mass is 16.5. The van der Waals surface area contributed by atoms with Gasteiger partial charge in [0.2, 0.25) is 5.91 Å². The van der Waals surface area contributed by atoms with E-state index in [1.54, 1.807) is 19.4 Å². The molecule has 1 atom stereocenters. The van der Waals surface area contributed by atoms with E-state index in [0.29, 0.717) is 42.9 Å². The Kier molecular flexibility index (Phi) is 6.42. The number of carbonyl (C=O) groups is 2. The summed E-state index contributed by atoms with van der Waals surface area (Å²) in [6.07, 6.45) is 5.33. The predicted molar refractivity (Wildman–Crippen MR) is 163 cm³/mol. The predicted octanol–water partition coefficient (Wildman–Crippen LogP) is 6.78. The third kappa shape index (κ3) is 4.51. The molecule has 206 valence electrons. The molecule has 0 bridgehead atoms. The number of nitrogens with zero attached hydrogens (tertiary/aromatic N) is 2. The van der Waals surface area contributed by atoms with Gasteiger partial charge in [-0.25, -0.2) is 0 Å². The average molecular weight is 546 g/mol. The molecule has 2 amide bonds. The number of amides is 2. The Balaban J connectivity index is 0.987. The maximum atomic E-state index is 13.1. The first kappa shape index (κ1) is 25.3. The van der Waals surface area contributed by atoms with Crippen molar-refractivity contribution in [3.05, 3.63) is 77.9 Å². The van der Waals surface area contributed by atoms with E-state index in [1.807, 2.05) is 17.0 Å². The highest BCUT2D eigenvalue weighted by Crippen LogP contribution is 2.38. The van der Waals surface area contributed by atoms with Crippen LogP contribution in [0, 0.1) is 0 Å². The number of unbranched alkanes of at least 4 members (excludes halogenated alkanes) is 1. The summed E-state index contributed by atoms with van der Waals surface area (Å²) < 4.78 is 11.6. The lowest BCUT2D eigenvalue weighted by Crippen LogP contribution is -2.33. The molecule has 5 aromatic carbocycles. The molecule has 7 heteroatoms. The van der Waals surface area contributed by atoms with Gasteiger partial charge in [-0.2, -0.15) is 0 Å². The van der Waals surface area contributed by atoms with E-state index < -0.39 is 0 Å². The number of hydrogen-bond donors (Lipinski definition) is 1. The second-order valence-corrected chi connectivity index (χ2v) is 10.8. The fourth-order valence-electron chi connectivity index (χ4n) is 6.23. The third-order valence-electron chi connectivity index (χ3n) is 8.29. The first-order valence-corrected chi connectivity index (χ1v) is 14.3. The van der Waals surface area contributed by atoms with Crippen LogP contribution < -0.4 is 14.8 Å². The molecule has 2 aliphatic heterocycles. The number of ether oxygens (including phenoxy) is 2. The smallest absolute Gasteiger partial charge is 0.256 e.